The first-order valence-corrected chi connectivity index (χ1v) is 6.85. The van der Waals surface area contributed by atoms with Crippen molar-refractivity contribution in [2.45, 2.75) is 33.1 Å². The number of benzene rings is 1. The summed E-state index contributed by atoms with van der Waals surface area (Å²) in [6, 6.07) is 2.96. The van der Waals surface area contributed by atoms with Crippen LogP contribution in [0.3, 0.4) is 0 Å². The predicted octanol–water partition coefficient (Wildman–Crippen LogP) is 4.21. The van der Waals surface area contributed by atoms with E-state index in [1.54, 1.807) is 19.1 Å². The van der Waals surface area contributed by atoms with Gasteiger partial charge in [-0.3, -0.25) is 0 Å². The standard InChI is InChI=1S/C13H18BrFN2O/c1-3-4-5-8-16-13(18)17-11-7-6-10(14)12(15)9(11)2/h6-7H,3-5,8H2,1-2H3,(H2,16,17,18). The van der Waals surface area contributed by atoms with Crippen LogP contribution in [0.15, 0.2) is 16.6 Å². The molecule has 0 saturated heterocycles. The van der Waals surface area contributed by atoms with Crippen LogP contribution in [-0.2, 0) is 0 Å². The molecule has 100 valence electrons. The first kappa shape index (κ1) is 15.0. The van der Waals surface area contributed by atoms with Crippen molar-refractivity contribution in [3.8, 4) is 0 Å². The van der Waals surface area contributed by atoms with Crippen molar-refractivity contribution in [3.05, 3.63) is 28.0 Å². The lowest BCUT2D eigenvalue weighted by Gasteiger charge is -2.11. The van der Waals surface area contributed by atoms with Gasteiger partial charge >= 0.3 is 6.03 Å². The van der Waals surface area contributed by atoms with Crippen molar-refractivity contribution in [2.24, 2.45) is 0 Å². The van der Waals surface area contributed by atoms with Gasteiger partial charge in [-0.1, -0.05) is 19.8 Å². The Bertz CT molecular complexity index is 424. The van der Waals surface area contributed by atoms with E-state index in [0.29, 0.717) is 22.3 Å². The molecule has 2 N–H and O–H groups in total. The lowest BCUT2D eigenvalue weighted by atomic mass is 10.2. The Morgan fingerprint density at radius 2 is 2.11 bits per heavy atom. The number of carbonyl (C=O) groups excluding carboxylic acids is 1. The number of urea groups is 1. The minimum Gasteiger partial charge on any atom is -0.338 e. The summed E-state index contributed by atoms with van der Waals surface area (Å²) in [5.74, 6) is -0.348. The fraction of sp³-hybridized carbons (Fsp3) is 0.462. The molecule has 0 bridgehead atoms. The van der Waals surface area contributed by atoms with E-state index in [1.165, 1.54) is 0 Å². The average Bonchev–Trinajstić information content (AvgIpc) is 2.35. The van der Waals surface area contributed by atoms with Gasteiger partial charge in [0.05, 0.1) is 4.47 Å². The second-order valence-corrected chi connectivity index (χ2v) is 4.98. The number of hydrogen-bond acceptors (Lipinski definition) is 1. The van der Waals surface area contributed by atoms with Gasteiger partial charge in [0.15, 0.2) is 0 Å². The van der Waals surface area contributed by atoms with Gasteiger partial charge < -0.3 is 10.6 Å². The zero-order valence-corrected chi connectivity index (χ0v) is 12.2. The van der Waals surface area contributed by atoms with Crippen molar-refractivity contribution in [3.63, 3.8) is 0 Å². The third kappa shape index (κ3) is 4.29. The molecule has 0 aliphatic rings. The highest BCUT2D eigenvalue weighted by atomic mass is 79.9. The van der Waals surface area contributed by atoms with E-state index in [4.69, 9.17) is 0 Å². The average molecular weight is 317 g/mol. The predicted molar refractivity (Wildman–Crippen MR) is 75.4 cm³/mol. The number of unbranched alkanes of at least 4 members (excludes halogenated alkanes) is 2. The van der Waals surface area contributed by atoms with Gasteiger partial charge in [0, 0.05) is 17.8 Å². The first-order valence-electron chi connectivity index (χ1n) is 6.05. The summed E-state index contributed by atoms with van der Waals surface area (Å²) in [6.45, 7) is 4.37. The van der Waals surface area contributed by atoms with Crippen LogP contribution in [0.2, 0.25) is 0 Å². The minimum atomic E-state index is -0.348. The minimum absolute atomic E-state index is 0.295. The van der Waals surface area contributed by atoms with Crippen LogP contribution in [0, 0.1) is 12.7 Å². The number of rotatable bonds is 5. The van der Waals surface area contributed by atoms with Crippen LogP contribution in [0.1, 0.15) is 31.7 Å². The Morgan fingerprint density at radius 1 is 1.39 bits per heavy atom. The van der Waals surface area contributed by atoms with E-state index in [-0.39, 0.29) is 11.8 Å². The molecule has 0 aliphatic heterocycles. The molecule has 1 aromatic carbocycles. The zero-order valence-electron chi connectivity index (χ0n) is 10.6. The van der Waals surface area contributed by atoms with E-state index < -0.39 is 0 Å². The highest BCUT2D eigenvalue weighted by molar-refractivity contribution is 9.10. The van der Waals surface area contributed by atoms with Crippen LogP contribution in [0.4, 0.5) is 14.9 Å². The van der Waals surface area contributed by atoms with E-state index >= 15 is 0 Å². The van der Waals surface area contributed by atoms with Crippen LogP contribution in [0.25, 0.3) is 0 Å². The molecule has 0 aromatic heterocycles. The fourth-order valence-corrected chi connectivity index (χ4v) is 1.96. The summed E-state index contributed by atoms with van der Waals surface area (Å²) >= 11 is 3.10. The van der Waals surface area contributed by atoms with Crippen molar-refractivity contribution in [2.75, 3.05) is 11.9 Å². The summed E-state index contributed by atoms with van der Waals surface area (Å²) in [5.41, 5.74) is 0.914. The van der Waals surface area contributed by atoms with Crippen molar-refractivity contribution in [1.29, 1.82) is 0 Å². The molecular weight excluding hydrogens is 299 g/mol. The Morgan fingerprint density at radius 3 is 2.78 bits per heavy atom. The molecule has 18 heavy (non-hydrogen) atoms. The molecule has 0 heterocycles. The largest absolute Gasteiger partial charge is 0.338 e. The number of amides is 2. The molecule has 0 fully saturated rings. The molecule has 0 saturated carbocycles. The summed E-state index contributed by atoms with van der Waals surface area (Å²) in [6.07, 6.45) is 3.16. The lowest BCUT2D eigenvalue weighted by molar-refractivity contribution is 0.252. The fourth-order valence-electron chi connectivity index (χ4n) is 1.53. The maximum absolute atomic E-state index is 13.6. The molecular formula is C13H18BrFN2O. The third-order valence-corrected chi connectivity index (χ3v) is 3.27. The first-order chi connectivity index (χ1) is 8.56. The van der Waals surface area contributed by atoms with E-state index in [1.807, 2.05) is 0 Å². The van der Waals surface area contributed by atoms with Gasteiger partial charge in [-0.15, -0.1) is 0 Å². The van der Waals surface area contributed by atoms with Crippen LogP contribution >= 0.6 is 15.9 Å². The maximum atomic E-state index is 13.6. The van der Waals surface area contributed by atoms with E-state index in [2.05, 4.69) is 33.5 Å². The zero-order chi connectivity index (χ0) is 13.5. The molecule has 0 aliphatic carbocycles. The monoisotopic (exact) mass is 316 g/mol. The normalized spacial score (nSPS) is 10.2. The Balaban J connectivity index is 2.52. The molecule has 2 amide bonds. The highest BCUT2D eigenvalue weighted by Crippen LogP contribution is 2.24. The molecule has 1 rings (SSSR count). The molecule has 1 aromatic rings. The van der Waals surface area contributed by atoms with Gasteiger partial charge in [-0.25, -0.2) is 9.18 Å². The number of nitrogens with one attached hydrogen (secondary N) is 2. The molecule has 5 heteroatoms. The van der Waals surface area contributed by atoms with Gasteiger partial charge in [0.25, 0.3) is 0 Å². The third-order valence-electron chi connectivity index (χ3n) is 2.65. The van der Waals surface area contributed by atoms with Crippen LogP contribution in [0.5, 0.6) is 0 Å². The Labute approximate surface area is 115 Å². The second-order valence-electron chi connectivity index (χ2n) is 4.12. The number of anilines is 1. The van der Waals surface area contributed by atoms with Crippen molar-refractivity contribution in [1.82, 2.24) is 5.32 Å². The summed E-state index contributed by atoms with van der Waals surface area (Å²) < 4.78 is 14.0. The highest BCUT2D eigenvalue weighted by Gasteiger charge is 2.09. The van der Waals surface area contributed by atoms with Gasteiger partial charge in [-0.2, -0.15) is 0 Å². The van der Waals surface area contributed by atoms with Gasteiger partial charge in [-0.05, 0) is 41.4 Å². The molecule has 0 spiro atoms. The number of hydrogen-bond donors (Lipinski definition) is 2. The second kappa shape index (κ2) is 7.36. The molecule has 0 unspecified atom stereocenters. The summed E-state index contributed by atoms with van der Waals surface area (Å²) in [7, 11) is 0. The molecule has 0 atom stereocenters. The molecule has 3 nitrogen and oxygen atoms in total. The maximum Gasteiger partial charge on any atom is 0.319 e. The SMILES string of the molecule is CCCCCNC(=O)Nc1ccc(Br)c(F)c1C. The molecule has 0 radical (unpaired) electrons. The quantitative estimate of drug-likeness (QED) is 0.785. The summed E-state index contributed by atoms with van der Waals surface area (Å²) in [4.78, 5) is 11.6. The Kier molecular flexibility index (Phi) is 6.12. The van der Waals surface area contributed by atoms with Crippen LogP contribution < -0.4 is 10.6 Å². The topological polar surface area (TPSA) is 41.1 Å². The van der Waals surface area contributed by atoms with Gasteiger partial charge in [0.1, 0.15) is 5.82 Å². The summed E-state index contributed by atoms with van der Waals surface area (Å²) in [5, 5.41) is 5.39. The number of halogens is 2. The van der Waals surface area contributed by atoms with E-state index in [0.717, 1.165) is 19.3 Å². The lowest BCUT2D eigenvalue weighted by Crippen LogP contribution is -2.29. The Hall–Kier alpha value is -1.10. The number of carbonyl (C=O) groups is 1. The van der Waals surface area contributed by atoms with Crippen molar-refractivity contribution >= 4 is 27.6 Å². The van der Waals surface area contributed by atoms with Gasteiger partial charge in [0.2, 0.25) is 0 Å². The van der Waals surface area contributed by atoms with Crippen molar-refractivity contribution < 1.29 is 9.18 Å². The van der Waals surface area contributed by atoms with Crippen LogP contribution in [-0.4, -0.2) is 12.6 Å². The van der Waals surface area contributed by atoms with E-state index in [9.17, 15) is 9.18 Å². The smallest absolute Gasteiger partial charge is 0.319 e.